The number of rotatable bonds is 8. The number of benzene rings is 1. The van der Waals surface area contributed by atoms with Gasteiger partial charge in [-0.15, -0.1) is 0 Å². The van der Waals surface area contributed by atoms with Crippen LogP contribution < -0.4 is 14.8 Å². The summed E-state index contributed by atoms with van der Waals surface area (Å²) < 4.78 is 12.7. The van der Waals surface area contributed by atoms with Gasteiger partial charge >= 0.3 is 0 Å². The third-order valence-electron chi connectivity index (χ3n) is 4.16. The van der Waals surface area contributed by atoms with Crippen molar-refractivity contribution >= 4 is 28.7 Å². The number of nitrogens with zero attached hydrogens (tertiary/aromatic N) is 3. The molecule has 1 aromatic carbocycles. The highest BCUT2D eigenvalue weighted by Crippen LogP contribution is 2.28. The standard InChI is InChI=1S/C22H24N4O3/c1-5-10-29-19-8-6-16(11-20(19)28-4)7-9-21(27)25-18-12-17-13-24-26(15(2)3)22(17)23-14-18/h5-9,11-15H,1,10H2,2-4H3,(H,25,27)/b9-7+. The van der Waals surface area contributed by atoms with Crippen LogP contribution in [0.15, 0.2) is 55.4 Å². The normalized spacial score (nSPS) is 11.2. The van der Waals surface area contributed by atoms with Gasteiger partial charge in [0.05, 0.1) is 25.2 Å². The van der Waals surface area contributed by atoms with Gasteiger partial charge in [-0.25, -0.2) is 9.67 Å². The number of nitrogens with one attached hydrogen (secondary N) is 1. The van der Waals surface area contributed by atoms with E-state index in [-0.39, 0.29) is 11.9 Å². The van der Waals surface area contributed by atoms with Gasteiger partial charge in [-0.2, -0.15) is 5.10 Å². The van der Waals surface area contributed by atoms with Gasteiger partial charge < -0.3 is 14.8 Å². The lowest BCUT2D eigenvalue weighted by Gasteiger charge is -2.09. The molecule has 2 heterocycles. The minimum absolute atomic E-state index is 0.217. The number of anilines is 1. The van der Waals surface area contributed by atoms with Crippen LogP contribution in [-0.2, 0) is 4.79 Å². The number of hydrogen-bond donors (Lipinski definition) is 1. The highest BCUT2D eigenvalue weighted by Gasteiger charge is 2.09. The van der Waals surface area contributed by atoms with Crippen molar-refractivity contribution in [1.82, 2.24) is 14.8 Å². The van der Waals surface area contributed by atoms with Crippen LogP contribution >= 0.6 is 0 Å². The van der Waals surface area contributed by atoms with Crippen molar-refractivity contribution in [1.29, 1.82) is 0 Å². The summed E-state index contributed by atoms with van der Waals surface area (Å²) >= 11 is 0. The summed E-state index contributed by atoms with van der Waals surface area (Å²) in [6.07, 6.45) is 8.20. The van der Waals surface area contributed by atoms with Gasteiger partial charge in [0, 0.05) is 17.5 Å². The summed E-state index contributed by atoms with van der Waals surface area (Å²) in [6, 6.07) is 7.52. The second kappa shape index (κ2) is 9.05. The first-order valence-electron chi connectivity index (χ1n) is 9.26. The Morgan fingerprint density at radius 1 is 1.28 bits per heavy atom. The monoisotopic (exact) mass is 392 g/mol. The van der Waals surface area contributed by atoms with Gasteiger partial charge in [0.15, 0.2) is 17.1 Å². The molecule has 1 amide bonds. The summed E-state index contributed by atoms with van der Waals surface area (Å²) in [5.41, 5.74) is 2.22. The third-order valence-corrected chi connectivity index (χ3v) is 4.16. The number of hydrogen-bond acceptors (Lipinski definition) is 5. The van der Waals surface area contributed by atoms with Crippen LogP contribution in [0.3, 0.4) is 0 Å². The molecule has 0 saturated carbocycles. The van der Waals surface area contributed by atoms with Crippen LogP contribution in [0.5, 0.6) is 11.5 Å². The molecular weight excluding hydrogens is 368 g/mol. The van der Waals surface area contributed by atoms with E-state index in [1.54, 1.807) is 43.8 Å². The molecule has 0 aliphatic rings. The predicted molar refractivity (Wildman–Crippen MR) is 114 cm³/mol. The molecule has 0 unspecified atom stereocenters. The Kier molecular flexibility index (Phi) is 6.29. The van der Waals surface area contributed by atoms with Crippen LogP contribution in [0.25, 0.3) is 17.1 Å². The Morgan fingerprint density at radius 2 is 2.10 bits per heavy atom. The van der Waals surface area contributed by atoms with Crippen LogP contribution in [0, 0.1) is 0 Å². The van der Waals surface area contributed by atoms with E-state index in [1.165, 1.54) is 6.08 Å². The summed E-state index contributed by atoms with van der Waals surface area (Å²) in [4.78, 5) is 16.7. The SMILES string of the molecule is C=CCOc1ccc(/C=C/C(=O)Nc2cnc3c(cnn3C(C)C)c2)cc1OC. The fourth-order valence-corrected chi connectivity index (χ4v) is 2.80. The number of aromatic nitrogens is 3. The molecule has 3 rings (SSSR count). The van der Waals surface area contributed by atoms with E-state index in [0.29, 0.717) is 23.8 Å². The van der Waals surface area contributed by atoms with Gasteiger partial charge in [-0.05, 0) is 43.7 Å². The Balaban J connectivity index is 1.69. The molecule has 3 aromatic rings. The van der Waals surface area contributed by atoms with Crippen molar-refractivity contribution in [2.75, 3.05) is 19.0 Å². The first-order valence-corrected chi connectivity index (χ1v) is 9.26. The van der Waals surface area contributed by atoms with Crippen molar-refractivity contribution in [2.45, 2.75) is 19.9 Å². The molecule has 0 aliphatic carbocycles. The van der Waals surface area contributed by atoms with Crippen molar-refractivity contribution in [3.8, 4) is 11.5 Å². The zero-order valence-electron chi connectivity index (χ0n) is 16.8. The molecule has 29 heavy (non-hydrogen) atoms. The van der Waals surface area contributed by atoms with E-state index in [0.717, 1.165) is 16.6 Å². The highest BCUT2D eigenvalue weighted by molar-refractivity contribution is 6.02. The van der Waals surface area contributed by atoms with Crippen molar-refractivity contribution in [2.24, 2.45) is 0 Å². The number of amides is 1. The molecule has 0 fully saturated rings. The average Bonchev–Trinajstić information content (AvgIpc) is 3.14. The quantitative estimate of drug-likeness (QED) is 0.458. The first kappa shape index (κ1) is 20.1. The molecule has 7 nitrogen and oxygen atoms in total. The number of methoxy groups -OCH3 is 1. The lowest BCUT2D eigenvalue weighted by molar-refractivity contribution is -0.111. The lowest BCUT2D eigenvalue weighted by Crippen LogP contribution is -2.08. The molecule has 150 valence electrons. The Labute approximate surface area is 169 Å². The second-order valence-electron chi connectivity index (χ2n) is 6.65. The zero-order chi connectivity index (χ0) is 20.8. The average molecular weight is 392 g/mol. The first-order chi connectivity index (χ1) is 14.0. The number of carbonyl (C=O) groups excluding carboxylic acids is 1. The molecule has 0 bridgehead atoms. The third kappa shape index (κ3) is 4.82. The lowest BCUT2D eigenvalue weighted by atomic mass is 10.2. The van der Waals surface area contributed by atoms with Crippen molar-refractivity contribution in [3.63, 3.8) is 0 Å². The molecule has 2 aromatic heterocycles. The molecule has 0 aliphatic heterocycles. The smallest absolute Gasteiger partial charge is 0.248 e. The highest BCUT2D eigenvalue weighted by atomic mass is 16.5. The fourth-order valence-electron chi connectivity index (χ4n) is 2.80. The fraction of sp³-hybridized carbons (Fsp3) is 0.227. The van der Waals surface area contributed by atoms with Gasteiger partial charge in [-0.3, -0.25) is 4.79 Å². The summed E-state index contributed by atoms with van der Waals surface area (Å²) in [5.74, 6) is 0.954. The molecule has 0 atom stereocenters. The van der Waals surface area contributed by atoms with Gasteiger partial charge in [-0.1, -0.05) is 18.7 Å². The maximum absolute atomic E-state index is 12.3. The number of pyridine rings is 1. The molecule has 0 spiro atoms. The van der Waals surface area contributed by atoms with E-state index in [2.05, 4.69) is 22.0 Å². The van der Waals surface area contributed by atoms with E-state index < -0.39 is 0 Å². The summed E-state index contributed by atoms with van der Waals surface area (Å²) in [6.45, 7) is 8.10. The van der Waals surface area contributed by atoms with Crippen molar-refractivity contribution < 1.29 is 14.3 Å². The largest absolute Gasteiger partial charge is 0.493 e. The second-order valence-corrected chi connectivity index (χ2v) is 6.65. The molecule has 1 N–H and O–H groups in total. The van der Waals surface area contributed by atoms with E-state index in [1.807, 2.05) is 30.7 Å². The predicted octanol–water partition coefficient (Wildman–Crippen LogP) is 4.24. The molecular formula is C22H24N4O3. The van der Waals surface area contributed by atoms with Gasteiger partial charge in [0.25, 0.3) is 0 Å². The van der Waals surface area contributed by atoms with E-state index in [9.17, 15) is 4.79 Å². The van der Waals surface area contributed by atoms with Crippen LogP contribution in [0.1, 0.15) is 25.5 Å². The van der Waals surface area contributed by atoms with Crippen LogP contribution in [0.2, 0.25) is 0 Å². The molecule has 0 radical (unpaired) electrons. The van der Waals surface area contributed by atoms with Crippen LogP contribution in [0.4, 0.5) is 5.69 Å². The van der Waals surface area contributed by atoms with Gasteiger partial charge in [0.1, 0.15) is 6.61 Å². The minimum atomic E-state index is -0.256. The molecule has 0 saturated heterocycles. The maximum Gasteiger partial charge on any atom is 0.248 e. The molecule has 7 heteroatoms. The Hall–Kier alpha value is -3.61. The van der Waals surface area contributed by atoms with Crippen LogP contribution in [-0.4, -0.2) is 34.4 Å². The van der Waals surface area contributed by atoms with E-state index in [4.69, 9.17) is 9.47 Å². The minimum Gasteiger partial charge on any atom is -0.493 e. The number of fused-ring (bicyclic) bond motifs is 1. The van der Waals surface area contributed by atoms with E-state index >= 15 is 0 Å². The Bertz CT molecular complexity index is 1050. The zero-order valence-corrected chi connectivity index (χ0v) is 16.8. The van der Waals surface area contributed by atoms with Gasteiger partial charge in [0.2, 0.25) is 5.91 Å². The topological polar surface area (TPSA) is 78.3 Å². The van der Waals surface area contributed by atoms with Crippen molar-refractivity contribution in [3.05, 3.63) is 61.0 Å². The summed E-state index contributed by atoms with van der Waals surface area (Å²) in [7, 11) is 1.57. The summed E-state index contributed by atoms with van der Waals surface area (Å²) in [5, 5.41) is 8.03. The maximum atomic E-state index is 12.3. The Morgan fingerprint density at radius 3 is 2.83 bits per heavy atom. The number of ether oxygens (including phenoxy) is 2. The number of carbonyl (C=O) groups is 1.